The minimum Gasteiger partial charge on any atom is -0.406 e. The van der Waals surface area contributed by atoms with Gasteiger partial charge in [0, 0.05) is 32.7 Å². The van der Waals surface area contributed by atoms with E-state index in [4.69, 9.17) is 0 Å². The first kappa shape index (κ1) is 18.0. The molecule has 138 valence electrons. The molecule has 2 heterocycles. The second-order valence-electron chi connectivity index (χ2n) is 6.26. The average molecular weight is 378 g/mol. The number of likely N-dealkylation sites (tertiary alicyclic amines) is 1. The van der Waals surface area contributed by atoms with Gasteiger partial charge in [0.25, 0.3) is 0 Å². The molecule has 1 aromatic rings. The summed E-state index contributed by atoms with van der Waals surface area (Å²) >= 11 is 0. The monoisotopic (exact) mass is 378 g/mol. The molecule has 0 unspecified atom stereocenters. The number of carbonyl (C=O) groups excluding carboxylic acids is 1. The van der Waals surface area contributed by atoms with E-state index in [0.717, 1.165) is 12.1 Å². The van der Waals surface area contributed by atoms with Crippen LogP contribution in [0.15, 0.2) is 29.2 Å². The molecule has 1 aromatic carbocycles. The predicted molar refractivity (Wildman–Crippen MR) is 81.1 cm³/mol. The highest BCUT2D eigenvalue weighted by Gasteiger charge is 2.45. The fourth-order valence-corrected chi connectivity index (χ4v) is 4.89. The van der Waals surface area contributed by atoms with Crippen molar-refractivity contribution in [2.75, 3.05) is 26.7 Å². The van der Waals surface area contributed by atoms with Gasteiger partial charge in [-0.2, -0.15) is 4.31 Å². The van der Waals surface area contributed by atoms with Crippen molar-refractivity contribution in [2.24, 2.45) is 11.8 Å². The van der Waals surface area contributed by atoms with Crippen LogP contribution in [-0.2, 0) is 14.8 Å². The summed E-state index contributed by atoms with van der Waals surface area (Å²) in [6.45, 7) is 0.806. The zero-order valence-electron chi connectivity index (χ0n) is 13.4. The largest absolute Gasteiger partial charge is 0.573 e. The second-order valence-corrected chi connectivity index (χ2v) is 8.20. The van der Waals surface area contributed by atoms with E-state index in [1.807, 2.05) is 0 Å². The van der Waals surface area contributed by atoms with E-state index >= 15 is 0 Å². The maximum atomic E-state index is 12.7. The molecule has 2 atom stereocenters. The molecule has 0 aromatic heterocycles. The van der Waals surface area contributed by atoms with Crippen LogP contribution in [0.3, 0.4) is 0 Å². The number of carbonyl (C=O) groups is 1. The Morgan fingerprint density at radius 3 is 2.64 bits per heavy atom. The Kier molecular flexibility index (Phi) is 4.44. The van der Waals surface area contributed by atoms with Crippen LogP contribution in [-0.4, -0.2) is 56.6 Å². The molecule has 0 bridgehead atoms. The fraction of sp³-hybridized carbons (Fsp3) is 0.533. The normalized spacial score (nSPS) is 25.1. The van der Waals surface area contributed by atoms with Crippen molar-refractivity contribution < 1.29 is 31.1 Å². The molecular formula is C15H17F3N2O4S. The number of nitrogens with zero attached hydrogens (tertiary/aromatic N) is 2. The van der Waals surface area contributed by atoms with E-state index in [1.165, 1.54) is 16.4 Å². The van der Waals surface area contributed by atoms with Crippen molar-refractivity contribution in [1.82, 2.24) is 9.21 Å². The molecule has 0 N–H and O–H groups in total. The van der Waals surface area contributed by atoms with E-state index in [9.17, 15) is 26.4 Å². The molecular weight excluding hydrogens is 361 g/mol. The molecule has 0 spiro atoms. The first-order chi connectivity index (χ1) is 11.6. The summed E-state index contributed by atoms with van der Waals surface area (Å²) in [6, 6.07) is 4.29. The van der Waals surface area contributed by atoms with Gasteiger partial charge in [-0.15, -0.1) is 13.2 Å². The van der Waals surface area contributed by atoms with Crippen molar-refractivity contribution in [1.29, 1.82) is 0 Å². The van der Waals surface area contributed by atoms with Crippen LogP contribution in [0.25, 0.3) is 0 Å². The van der Waals surface area contributed by atoms with E-state index in [2.05, 4.69) is 4.74 Å². The highest BCUT2D eigenvalue weighted by Crippen LogP contribution is 2.35. The summed E-state index contributed by atoms with van der Waals surface area (Å²) in [5, 5.41) is 0. The van der Waals surface area contributed by atoms with Crippen molar-refractivity contribution in [2.45, 2.75) is 17.7 Å². The summed E-state index contributed by atoms with van der Waals surface area (Å²) in [5.41, 5.74) is 0. The lowest BCUT2D eigenvalue weighted by molar-refractivity contribution is -0.274. The molecule has 2 aliphatic rings. The lowest BCUT2D eigenvalue weighted by Gasteiger charge is -2.30. The minimum absolute atomic E-state index is 0.0422. The summed E-state index contributed by atoms with van der Waals surface area (Å²) in [5.74, 6) is -1.15. The van der Waals surface area contributed by atoms with Crippen LogP contribution in [0, 0.1) is 11.8 Å². The first-order valence-corrected chi connectivity index (χ1v) is 9.13. The number of sulfonamides is 1. The molecule has 10 heteroatoms. The van der Waals surface area contributed by atoms with E-state index in [0.29, 0.717) is 13.0 Å². The van der Waals surface area contributed by atoms with Crippen LogP contribution in [0.2, 0.25) is 0 Å². The first-order valence-electron chi connectivity index (χ1n) is 7.69. The van der Waals surface area contributed by atoms with Crippen LogP contribution >= 0.6 is 0 Å². The Bertz CT molecular complexity index is 781. The van der Waals surface area contributed by atoms with Gasteiger partial charge in [-0.1, -0.05) is 6.07 Å². The number of piperidine rings is 1. The van der Waals surface area contributed by atoms with Crippen molar-refractivity contribution >= 4 is 15.9 Å². The van der Waals surface area contributed by atoms with Crippen LogP contribution in [0.4, 0.5) is 13.2 Å². The third-order valence-electron chi connectivity index (χ3n) is 4.61. The highest BCUT2D eigenvalue weighted by molar-refractivity contribution is 7.89. The number of hydrogen-bond donors (Lipinski definition) is 0. The van der Waals surface area contributed by atoms with Gasteiger partial charge in [0.1, 0.15) is 5.75 Å². The fourth-order valence-electron chi connectivity index (χ4n) is 3.33. The molecule has 3 rings (SSSR count). The van der Waals surface area contributed by atoms with E-state index in [1.54, 1.807) is 11.9 Å². The third-order valence-corrected chi connectivity index (χ3v) is 6.44. The number of fused-ring (bicyclic) bond motifs is 1. The van der Waals surface area contributed by atoms with Gasteiger partial charge in [0.15, 0.2) is 0 Å². The quantitative estimate of drug-likeness (QED) is 0.803. The van der Waals surface area contributed by atoms with Gasteiger partial charge in [-0.3, -0.25) is 4.79 Å². The smallest absolute Gasteiger partial charge is 0.406 e. The summed E-state index contributed by atoms with van der Waals surface area (Å²) in [6.07, 6.45) is -4.20. The Labute approximate surface area is 143 Å². The van der Waals surface area contributed by atoms with Gasteiger partial charge >= 0.3 is 6.36 Å². The molecule has 25 heavy (non-hydrogen) atoms. The molecule has 0 radical (unpaired) electrons. The maximum Gasteiger partial charge on any atom is 0.573 e. The van der Waals surface area contributed by atoms with Crippen molar-refractivity contribution in [3.8, 4) is 5.75 Å². The van der Waals surface area contributed by atoms with Gasteiger partial charge in [-0.05, 0) is 24.5 Å². The Hall–Kier alpha value is -1.81. The van der Waals surface area contributed by atoms with Crippen LogP contribution in [0.1, 0.15) is 6.42 Å². The Morgan fingerprint density at radius 1 is 1.24 bits per heavy atom. The van der Waals surface area contributed by atoms with Crippen LogP contribution in [0.5, 0.6) is 5.75 Å². The zero-order valence-corrected chi connectivity index (χ0v) is 14.2. The molecule has 2 aliphatic heterocycles. The highest BCUT2D eigenvalue weighted by atomic mass is 32.2. The molecule has 0 aliphatic carbocycles. The summed E-state index contributed by atoms with van der Waals surface area (Å²) in [4.78, 5) is 13.5. The number of halogens is 3. The lowest BCUT2D eigenvalue weighted by Crippen LogP contribution is -2.42. The molecule has 2 fully saturated rings. The third kappa shape index (κ3) is 3.59. The van der Waals surface area contributed by atoms with Gasteiger partial charge < -0.3 is 9.64 Å². The molecule has 0 saturated carbocycles. The zero-order chi connectivity index (χ0) is 18.4. The Balaban J connectivity index is 1.83. The summed E-state index contributed by atoms with van der Waals surface area (Å²) < 4.78 is 67.4. The summed E-state index contributed by atoms with van der Waals surface area (Å²) in [7, 11) is -2.33. The number of ether oxygens (including phenoxy) is 1. The minimum atomic E-state index is -4.90. The Morgan fingerprint density at radius 2 is 1.96 bits per heavy atom. The molecule has 6 nitrogen and oxygen atoms in total. The lowest BCUT2D eigenvalue weighted by atomic mass is 9.88. The SMILES string of the molecule is CN1CC[C@@H]2CN(S(=O)(=O)c3cccc(OC(F)(F)F)c3)C[C@@H]2C1=O. The van der Waals surface area contributed by atoms with Gasteiger partial charge in [-0.25, -0.2) is 8.42 Å². The van der Waals surface area contributed by atoms with Gasteiger partial charge in [0.05, 0.1) is 10.8 Å². The van der Waals surface area contributed by atoms with Crippen LogP contribution < -0.4 is 4.74 Å². The topological polar surface area (TPSA) is 66.9 Å². The molecule has 2 saturated heterocycles. The average Bonchev–Trinajstić information content (AvgIpc) is 2.95. The number of rotatable bonds is 3. The number of benzene rings is 1. The van der Waals surface area contributed by atoms with Gasteiger partial charge in [0.2, 0.25) is 15.9 Å². The van der Waals surface area contributed by atoms with E-state index in [-0.39, 0.29) is 29.8 Å². The maximum absolute atomic E-state index is 12.7. The number of amides is 1. The van der Waals surface area contributed by atoms with Crippen molar-refractivity contribution in [3.05, 3.63) is 24.3 Å². The standard InChI is InChI=1S/C15H17F3N2O4S/c1-19-6-5-10-8-20(9-13(10)14(19)21)25(22,23)12-4-2-3-11(7-12)24-15(16,17)18/h2-4,7,10,13H,5-6,8-9H2,1H3/t10-,13+/m1/s1. The predicted octanol–water partition coefficient (Wildman–Crippen LogP) is 1.68. The number of hydrogen-bond acceptors (Lipinski definition) is 4. The van der Waals surface area contributed by atoms with Crippen molar-refractivity contribution in [3.63, 3.8) is 0 Å². The second kappa shape index (κ2) is 6.17. The van der Waals surface area contributed by atoms with E-state index < -0.39 is 28.1 Å². The number of alkyl halides is 3. The molecule has 1 amide bonds.